The van der Waals surface area contributed by atoms with Crippen molar-refractivity contribution in [1.82, 2.24) is 4.57 Å². The number of carbonyl (C=O) groups excluding carboxylic acids is 1. The smallest absolute Gasteiger partial charge is 0.248 e. The molecule has 3 aromatic rings. The summed E-state index contributed by atoms with van der Waals surface area (Å²) in [7, 11) is 0. The molecule has 0 fully saturated rings. The molecular formula is C21H19N3O2. The number of nitroso groups, excluding NO2 is 1. The summed E-state index contributed by atoms with van der Waals surface area (Å²) in [6.07, 6.45) is 2.61. The Hall–Kier alpha value is -3.21. The van der Waals surface area contributed by atoms with Gasteiger partial charge in [-0.15, -0.1) is 0 Å². The highest BCUT2D eigenvalue weighted by Crippen LogP contribution is 2.39. The lowest BCUT2D eigenvalue weighted by atomic mass is 9.93. The van der Waals surface area contributed by atoms with Crippen LogP contribution in [-0.4, -0.2) is 10.5 Å². The Morgan fingerprint density at radius 1 is 1.08 bits per heavy atom. The molecule has 0 saturated carbocycles. The van der Waals surface area contributed by atoms with Gasteiger partial charge in [0.2, 0.25) is 5.91 Å². The molecule has 1 atom stereocenters. The Bertz CT molecular complexity index is 959. The number of primary amides is 1. The minimum atomic E-state index is -0.445. The van der Waals surface area contributed by atoms with Crippen LogP contribution < -0.4 is 5.73 Å². The number of amides is 1. The maximum atomic E-state index is 11.4. The van der Waals surface area contributed by atoms with E-state index < -0.39 is 5.91 Å². The fourth-order valence-corrected chi connectivity index (χ4v) is 3.73. The Morgan fingerprint density at radius 2 is 1.81 bits per heavy atom. The number of fused-ring (bicyclic) bond motifs is 1. The van der Waals surface area contributed by atoms with Gasteiger partial charge in [-0.1, -0.05) is 35.5 Å². The highest BCUT2D eigenvalue weighted by molar-refractivity contribution is 5.92. The number of benzene rings is 2. The molecule has 4 rings (SSSR count). The average molecular weight is 345 g/mol. The molecule has 130 valence electrons. The van der Waals surface area contributed by atoms with Gasteiger partial charge in [0, 0.05) is 22.5 Å². The molecule has 26 heavy (non-hydrogen) atoms. The third-order valence-electron chi connectivity index (χ3n) is 4.99. The number of nitrogens with zero attached hydrogens (tertiary/aromatic N) is 2. The van der Waals surface area contributed by atoms with Gasteiger partial charge in [-0.3, -0.25) is 4.79 Å². The third kappa shape index (κ3) is 2.71. The summed E-state index contributed by atoms with van der Waals surface area (Å²) in [6, 6.07) is 19.1. The number of carbonyl (C=O) groups is 1. The summed E-state index contributed by atoms with van der Waals surface area (Å²) in [6.45, 7) is 0. The van der Waals surface area contributed by atoms with Crippen molar-refractivity contribution in [2.75, 3.05) is 0 Å². The molecule has 2 N–H and O–H groups in total. The minimum Gasteiger partial charge on any atom is -0.366 e. The van der Waals surface area contributed by atoms with Crippen LogP contribution in [-0.2, 0) is 6.42 Å². The zero-order chi connectivity index (χ0) is 18.1. The largest absolute Gasteiger partial charge is 0.366 e. The Labute approximate surface area is 151 Å². The number of hydrogen-bond donors (Lipinski definition) is 1. The van der Waals surface area contributed by atoms with Gasteiger partial charge in [-0.2, -0.15) is 4.91 Å². The van der Waals surface area contributed by atoms with Gasteiger partial charge in [0.15, 0.2) is 0 Å². The van der Waals surface area contributed by atoms with Crippen LogP contribution in [0, 0.1) is 4.91 Å². The zero-order valence-corrected chi connectivity index (χ0v) is 14.3. The van der Waals surface area contributed by atoms with Gasteiger partial charge in [0.25, 0.3) is 0 Å². The summed E-state index contributed by atoms with van der Waals surface area (Å²) < 4.78 is 2.17. The second-order valence-electron chi connectivity index (χ2n) is 6.56. The molecule has 1 heterocycles. The topological polar surface area (TPSA) is 77.5 Å². The van der Waals surface area contributed by atoms with E-state index in [2.05, 4.69) is 27.9 Å². The third-order valence-corrected chi connectivity index (χ3v) is 4.99. The van der Waals surface area contributed by atoms with E-state index in [-0.39, 0.29) is 6.04 Å². The minimum absolute atomic E-state index is 0.299. The molecule has 1 amide bonds. The fraction of sp³-hybridized carbons (Fsp3) is 0.190. The van der Waals surface area contributed by atoms with Crippen molar-refractivity contribution >= 4 is 5.91 Å². The first-order valence-corrected chi connectivity index (χ1v) is 8.71. The van der Waals surface area contributed by atoms with Crippen LogP contribution >= 0.6 is 0 Å². The van der Waals surface area contributed by atoms with Gasteiger partial charge in [-0.05, 0) is 55.2 Å². The van der Waals surface area contributed by atoms with Crippen LogP contribution in [0.4, 0.5) is 0 Å². The predicted molar refractivity (Wildman–Crippen MR) is 101 cm³/mol. The molecule has 5 heteroatoms. The fourth-order valence-electron chi connectivity index (χ4n) is 3.73. The molecule has 0 saturated heterocycles. The SMILES string of the molecule is NC(=O)c1ccc(-n2c(-c3ccccc3)cc3c2CCCC3N=O)cc1. The van der Waals surface area contributed by atoms with E-state index in [9.17, 15) is 9.70 Å². The number of nitrogens with two attached hydrogens (primary N) is 1. The first-order chi connectivity index (χ1) is 12.7. The number of aromatic nitrogens is 1. The summed E-state index contributed by atoms with van der Waals surface area (Å²) in [5.74, 6) is -0.445. The van der Waals surface area contributed by atoms with Crippen LogP contribution in [0.1, 0.15) is 40.5 Å². The standard InChI is InChI=1S/C21H19N3O2/c22-21(25)15-9-11-16(12-10-15)24-19-8-4-7-18(23-26)17(19)13-20(24)14-5-2-1-3-6-14/h1-3,5-6,9-13,18H,4,7-8H2,(H2,22,25). The van der Waals surface area contributed by atoms with Crippen LogP contribution in [0.2, 0.25) is 0 Å². The van der Waals surface area contributed by atoms with E-state index in [1.54, 1.807) is 12.1 Å². The van der Waals surface area contributed by atoms with Crippen molar-refractivity contribution in [1.29, 1.82) is 0 Å². The van der Waals surface area contributed by atoms with Crippen molar-refractivity contribution in [3.8, 4) is 16.9 Å². The molecule has 1 unspecified atom stereocenters. The quantitative estimate of drug-likeness (QED) is 0.712. The first-order valence-electron chi connectivity index (χ1n) is 8.71. The van der Waals surface area contributed by atoms with Crippen LogP contribution in [0.5, 0.6) is 0 Å². The van der Waals surface area contributed by atoms with E-state index in [1.165, 1.54) is 0 Å². The second-order valence-corrected chi connectivity index (χ2v) is 6.56. The van der Waals surface area contributed by atoms with Crippen LogP contribution in [0.15, 0.2) is 65.8 Å². The lowest BCUT2D eigenvalue weighted by Crippen LogP contribution is -2.12. The molecule has 0 bridgehead atoms. The summed E-state index contributed by atoms with van der Waals surface area (Å²) >= 11 is 0. The van der Waals surface area contributed by atoms with Crippen molar-refractivity contribution < 1.29 is 4.79 Å². The lowest BCUT2D eigenvalue weighted by molar-refractivity contribution is 0.100. The number of hydrogen-bond acceptors (Lipinski definition) is 3. The predicted octanol–water partition coefficient (Wildman–Crippen LogP) is 4.39. The normalized spacial score (nSPS) is 16.1. The van der Waals surface area contributed by atoms with E-state index >= 15 is 0 Å². The highest BCUT2D eigenvalue weighted by Gasteiger charge is 2.27. The van der Waals surface area contributed by atoms with Gasteiger partial charge in [-0.25, -0.2) is 0 Å². The molecule has 0 aliphatic heterocycles. The molecule has 1 aliphatic rings. The molecule has 5 nitrogen and oxygen atoms in total. The first kappa shape index (κ1) is 16.3. The molecule has 0 radical (unpaired) electrons. The summed E-state index contributed by atoms with van der Waals surface area (Å²) in [5, 5.41) is 3.34. The van der Waals surface area contributed by atoms with Gasteiger partial charge >= 0.3 is 0 Å². The van der Waals surface area contributed by atoms with Crippen LogP contribution in [0.25, 0.3) is 16.9 Å². The molecule has 2 aromatic carbocycles. The van der Waals surface area contributed by atoms with E-state index in [0.717, 1.165) is 47.5 Å². The van der Waals surface area contributed by atoms with Gasteiger partial charge in [0.1, 0.15) is 6.04 Å². The Balaban J connectivity index is 1.93. The van der Waals surface area contributed by atoms with Crippen molar-refractivity contribution in [3.63, 3.8) is 0 Å². The zero-order valence-electron chi connectivity index (χ0n) is 14.3. The lowest BCUT2D eigenvalue weighted by Gasteiger charge is -2.20. The highest BCUT2D eigenvalue weighted by atomic mass is 16.3. The Kier molecular flexibility index (Phi) is 4.13. The monoisotopic (exact) mass is 345 g/mol. The van der Waals surface area contributed by atoms with E-state index in [1.807, 2.05) is 30.3 Å². The van der Waals surface area contributed by atoms with Crippen LogP contribution in [0.3, 0.4) is 0 Å². The van der Waals surface area contributed by atoms with E-state index in [0.29, 0.717) is 5.56 Å². The Morgan fingerprint density at radius 3 is 2.46 bits per heavy atom. The van der Waals surface area contributed by atoms with Crippen molar-refractivity contribution in [2.45, 2.75) is 25.3 Å². The molecule has 1 aromatic heterocycles. The molecular weight excluding hydrogens is 326 g/mol. The maximum Gasteiger partial charge on any atom is 0.248 e. The summed E-state index contributed by atoms with van der Waals surface area (Å²) in [5.41, 5.74) is 11.0. The van der Waals surface area contributed by atoms with Crippen molar-refractivity contribution in [2.24, 2.45) is 10.9 Å². The van der Waals surface area contributed by atoms with Crippen molar-refractivity contribution in [3.05, 3.63) is 82.4 Å². The molecule has 1 aliphatic carbocycles. The average Bonchev–Trinajstić information content (AvgIpc) is 3.08. The summed E-state index contributed by atoms with van der Waals surface area (Å²) in [4.78, 5) is 22.7. The maximum absolute atomic E-state index is 11.4. The molecule has 0 spiro atoms. The van der Waals surface area contributed by atoms with Gasteiger partial charge in [0.05, 0.1) is 5.69 Å². The van der Waals surface area contributed by atoms with E-state index in [4.69, 9.17) is 5.73 Å². The number of rotatable bonds is 4. The van der Waals surface area contributed by atoms with Gasteiger partial charge < -0.3 is 10.3 Å². The second kappa shape index (κ2) is 6.59.